The molecule has 0 fully saturated rings. The number of rotatable bonds is 4. The van der Waals surface area contributed by atoms with Crippen molar-refractivity contribution < 1.29 is 27.4 Å². The van der Waals surface area contributed by atoms with E-state index in [1.54, 1.807) is 0 Å². The number of carbonyl (C=O) groups excluding carboxylic acids is 1. The van der Waals surface area contributed by atoms with Crippen LogP contribution in [0.1, 0.15) is 15.9 Å². The molecule has 0 aliphatic heterocycles. The first-order valence-corrected chi connectivity index (χ1v) is 6.21. The molecule has 1 aromatic carbocycles. The maximum atomic E-state index is 13.2. The first kappa shape index (κ1) is 16.4. The summed E-state index contributed by atoms with van der Waals surface area (Å²) < 4.78 is 49.4. The predicted molar refractivity (Wildman–Crippen MR) is 75.2 cm³/mol. The monoisotopic (exact) mass is 327 g/mol. The number of halogens is 3. The van der Waals surface area contributed by atoms with Crippen molar-refractivity contribution in [2.45, 2.75) is 6.18 Å². The fraction of sp³-hybridized carbons (Fsp3) is 0.143. The molecule has 2 aromatic rings. The Balaban J connectivity index is 2.49. The third kappa shape index (κ3) is 3.44. The first-order valence-electron chi connectivity index (χ1n) is 6.21. The molecule has 1 aromatic heterocycles. The minimum atomic E-state index is -4.74. The quantitative estimate of drug-likeness (QED) is 0.841. The number of primary amides is 1. The lowest BCUT2D eigenvalue weighted by Gasteiger charge is -2.16. The van der Waals surface area contributed by atoms with Crippen LogP contribution in [0.15, 0.2) is 30.5 Å². The molecular formula is C14H12F3N3O3. The molecule has 23 heavy (non-hydrogen) atoms. The number of alkyl halides is 3. The van der Waals surface area contributed by atoms with E-state index in [-0.39, 0.29) is 17.0 Å². The highest BCUT2D eigenvalue weighted by Crippen LogP contribution is 2.42. The Hall–Kier alpha value is -2.97. The number of ether oxygens (including phenoxy) is 2. The smallest absolute Gasteiger partial charge is 0.425 e. The number of hydrogen-bond donors (Lipinski definition) is 2. The van der Waals surface area contributed by atoms with Crippen LogP contribution in [0, 0.1) is 0 Å². The van der Waals surface area contributed by atoms with Gasteiger partial charge in [-0.05, 0) is 24.3 Å². The van der Waals surface area contributed by atoms with Gasteiger partial charge in [-0.2, -0.15) is 13.2 Å². The number of carbonyl (C=O) groups is 1. The zero-order valence-corrected chi connectivity index (χ0v) is 11.8. The molecule has 9 heteroatoms. The second kappa shape index (κ2) is 6.03. The van der Waals surface area contributed by atoms with Crippen molar-refractivity contribution in [3.63, 3.8) is 0 Å². The molecule has 1 heterocycles. The minimum absolute atomic E-state index is 0.0701. The summed E-state index contributed by atoms with van der Waals surface area (Å²) in [6.45, 7) is 0. The average molecular weight is 327 g/mol. The van der Waals surface area contributed by atoms with Crippen LogP contribution in [0.3, 0.4) is 0 Å². The number of aromatic nitrogens is 1. The highest BCUT2D eigenvalue weighted by Gasteiger charge is 2.39. The van der Waals surface area contributed by atoms with Gasteiger partial charge in [-0.1, -0.05) is 0 Å². The predicted octanol–water partition coefficient (Wildman–Crippen LogP) is 2.58. The summed E-state index contributed by atoms with van der Waals surface area (Å²) in [4.78, 5) is 14.8. The maximum absolute atomic E-state index is 13.2. The van der Waals surface area contributed by atoms with Gasteiger partial charge in [0.05, 0.1) is 12.7 Å². The van der Waals surface area contributed by atoms with Crippen LogP contribution >= 0.6 is 0 Å². The number of methoxy groups -OCH3 is 1. The van der Waals surface area contributed by atoms with Crippen molar-refractivity contribution in [1.29, 1.82) is 0 Å². The topological polar surface area (TPSA) is 100 Å². The number of nitrogens with zero attached hydrogens (tertiary/aromatic N) is 1. The standard InChI is InChI=1S/C14H12F3N3O3/c1-22-10-4-5-20-13(11(10)14(15,16)17)23-7-2-3-9(18)8(6-7)12(19)21/h2-6H,18H2,1H3,(H2,19,21). The molecular weight excluding hydrogens is 315 g/mol. The summed E-state index contributed by atoms with van der Waals surface area (Å²) in [5.41, 5.74) is 9.53. The Morgan fingerprint density at radius 1 is 1.26 bits per heavy atom. The molecule has 122 valence electrons. The highest BCUT2D eigenvalue weighted by molar-refractivity contribution is 5.98. The van der Waals surface area contributed by atoms with E-state index < -0.39 is 29.3 Å². The molecule has 6 nitrogen and oxygen atoms in total. The number of pyridine rings is 1. The van der Waals surface area contributed by atoms with Crippen LogP contribution in [0.2, 0.25) is 0 Å². The molecule has 0 unspecified atom stereocenters. The molecule has 2 rings (SSSR count). The third-order valence-corrected chi connectivity index (χ3v) is 2.89. The fourth-order valence-electron chi connectivity index (χ4n) is 1.86. The zero-order chi connectivity index (χ0) is 17.2. The molecule has 0 saturated heterocycles. The van der Waals surface area contributed by atoms with E-state index >= 15 is 0 Å². The summed E-state index contributed by atoms with van der Waals surface area (Å²) in [5.74, 6) is -2.05. The van der Waals surface area contributed by atoms with Gasteiger partial charge in [-0.15, -0.1) is 0 Å². The average Bonchev–Trinajstić information content (AvgIpc) is 2.47. The van der Waals surface area contributed by atoms with Gasteiger partial charge in [0, 0.05) is 11.9 Å². The summed E-state index contributed by atoms with van der Waals surface area (Å²) in [5, 5.41) is 0. The zero-order valence-electron chi connectivity index (χ0n) is 11.8. The van der Waals surface area contributed by atoms with Crippen molar-refractivity contribution in [3.05, 3.63) is 41.6 Å². The number of hydrogen-bond acceptors (Lipinski definition) is 5. The third-order valence-electron chi connectivity index (χ3n) is 2.89. The van der Waals surface area contributed by atoms with E-state index in [0.29, 0.717) is 0 Å². The van der Waals surface area contributed by atoms with Gasteiger partial charge in [-0.25, -0.2) is 4.98 Å². The van der Waals surface area contributed by atoms with E-state index in [4.69, 9.17) is 20.9 Å². The minimum Gasteiger partial charge on any atom is -0.496 e. The molecule has 0 spiro atoms. The summed E-state index contributed by atoms with van der Waals surface area (Å²) in [6, 6.07) is 4.79. The number of amides is 1. The van der Waals surface area contributed by atoms with E-state index in [9.17, 15) is 18.0 Å². The van der Waals surface area contributed by atoms with Gasteiger partial charge in [0.1, 0.15) is 11.5 Å². The molecule has 1 amide bonds. The van der Waals surface area contributed by atoms with Crippen LogP contribution in [0.4, 0.5) is 18.9 Å². The van der Waals surface area contributed by atoms with Gasteiger partial charge >= 0.3 is 6.18 Å². The lowest BCUT2D eigenvalue weighted by Crippen LogP contribution is -2.14. The second-order valence-electron chi connectivity index (χ2n) is 4.41. The van der Waals surface area contributed by atoms with Gasteiger partial charge in [0.2, 0.25) is 5.88 Å². The van der Waals surface area contributed by atoms with E-state index in [2.05, 4.69) is 4.98 Å². The van der Waals surface area contributed by atoms with E-state index in [1.807, 2.05) is 0 Å². The maximum Gasteiger partial charge on any atom is 0.425 e. The molecule has 0 bridgehead atoms. The van der Waals surface area contributed by atoms with Gasteiger partial charge in [-0.3, -0.25) is 4.79 Å². The van der Waals surface area contributed by atoms with Crippen molar-refractivity contribution >= 4 is 11.6 Å². The Morgan fingerprint density at radius 3 is 2.52 bits per heavy atom. The van der Waals surface area contributed by atoms with E-state index in [1.165, 1.54) is 12.1 Å². The summed E-state index contributed by atoms with van der Waals surface area (Å²) in [7, 11) is 1.10. The van der Waals surface area contributed by atoms with Crippen LogP contribution < -0.4 is 20.9 Å². The van der Waals surface area contributed by atoms with Crippen molar-refractivity contribution in [3.8, 4) is 17.4 Å². The largest absolute Gasteiger partial charge is 0.496 e. The number of benzene rings is 1. The van der Waals surface area contributed by atoms with E-state index in [0.717, 1.165) is 25.4 Å². The molecule has 0 saturated carbocycles. The number of nitrogen functional groups attached to an aromatic ring is 1. The lowest BCUT2D eigenvalue weighted by atomic mass is 10.1. The van der Waals surface area contributed by atoms with Gasteiger partial charge < -0.3 is 20.9 Å². The normalized spacial score (nSPS) is 11.1. The molecule has 0 aliphatic rings. The van der Waals surface area contributed by atoms with Crippen LogP contribution in [-0.2, 0) is 6.18 Å². The Morgan fingerprint density at radius 2 is 1.96 bits per heavy atom. The van der Waals surface area contributed by atoms with Crippen LogP contribution in [0.25, 0.3) is 0 Å². The number of anilines is 1. The Kier molecular flexibility index (Phi) is 4.30. The van der Waals surface area contributed by atoms with Crippen LogP contribution in [-0.4, -0.2) is 18.0 Å². The van der Waals surface area contributed by atoms with Crippen molar-refractivity contribution in [1.82, 2.24) is 4.98 Å². The lowest BCUT2D eigenvalue weighted by molar-refractivity contribution is -0.140. The Bertz CT molecular complexity index is 748. The first-order chi connectivity index (χ1) is 10.7. The van der Waals surface area contributed by atoms with Crippen molar-refractivity contribution in [2.24, 2.45) is 5.73 Å². The van der Waals surface area contributed by atoms with Crippen molar-refractivity contribution in [2.75, 3.05) is 12.8 Å². The summed E-state index contributed by atoms with van der Waals surface area (Å²) in [6.07, 6.45) is -3.63. The highest BCUT2D eigenvalue weighted by atomic mass is 19.4. The molecule has 4 N–H and O–H groups in total. The molecule has 0 radical (unpaired) electrons. The Labute approximate surface area is 128 Å². The SMILES string of the molecule is COc1ccnc(Oc2ccc(N)c(C(N)=O)c2)c1C(F)(F)F. The van der Waals surface area contributed by atoms with Gasteiger partial charge in [0.15, 0.2) is 5.56 Å². The molecule has 0 aliphatic carbocycles. The fourth-order valence-corrected chi connectivity index (χ4v) is 1.86. The summed E-state index contributed by atoms with van der Waals surface area (Å²) >= 11 is 0. The number of nitrogens with two attached hydrogens (primary N) is 2. The van der Waals surface area contributed by atoms with Crippen LogP contribution in [0.5, 0.6) is 17.4 Å². The van der Waals surface area contributed by atoms with Gasteiger partial charge in [0.25, 0.3) is 5.91 Å². The second-order valence-corrected chi connectivity index (χ2v) is 4.41. The molecule has 0 atom stereocenters.